The normalized spacial score (nSPS) is 14.0. The zero-order valence-electron chi connectivity index (χ0n) is 28.3. The number of halogens is 3. The first-order chi connectivity index (χ1) is 19.2. The van der Waals surface area contributed by atoms with E-state index in [9.17, 15) is 0 Å². The minimum atomic E-state index is -2.86. The molecule has 4 rings (SSSR count). The van der Waals surface area contributed by atoms with E-state index in [-0.39, 0.29) is 40.6 Å². The molecule has 0 heterocycles. The fourth-order valence-electron chi connectivity index (χ4n) is 6.46. The summed E-state index contributed by atoms with van der Waals surface area (Å²) >= 11 is 2.55. The molecule has 0 spiro atoms. The third kappa shape index (κ3) is 6.52. The maximum absolute atomic E-state index is 2.86. The van der Waals surface area contributed by atoms with Crippen molar-refractivity contribution < 1.29 is 57.7 Å². The molecular formula is C35H47Cl3N4SiTi. The number of benzene rings is 3. The van der Waals surface area contributed by atoms with Crippen LogP contribution in [-0.4, -0.2) is 64.5 Å². The quantitative estimate of drug-likeness (QED) is 0.177. The summed E-state index contributed by atoms with van der Waals surface area (Å²) in [6.45, 7) is 9.44. The summed E-state index contributed by atoms with van der Waals surface area (Å²) in [4.78, 5) is 9.00. The Morgan fingerprint density at radius 2 is 0.773 bits per heavy atom. The van der Waals surface area contributed by atoms with Gasteiger partial charge in [0.05, 0.1) is 0 Å². The molecule has 9 heteroatoms. The summed E-state index contributed by atoms with van der Waals surface area (Å²) in [5.74, 6) is 0. The smallest absolute Gasteiger partial charge is 1.00 e. The van der Waals surface area contributed by atoms with Gasteiger partial charge in [0.2, 0.25) is 0 Å². The largest absolute Gasteiger partial charge is 1.00 e. The molecule has 1 aliphatic rings. The molecule has 3 aromatic rings. The number of nitrogens with zero attached hydrogens (tertiary/aromatic N) is 4. The average molecular weight is 706 g/mol. The molecule has 0 amide bonds. The molecule has 0 saturated heterocycles. The Hall–Kier alpha value is -1.86. The molecule has 0 radical (unpaired) electrons. The number of allylic oxidation sites excluding steroid dienone is 4. The van der Waals surface area contributed by atoms with Crippen LogP contribution in [0.15, 0.2) is 89.0 Å². The van der Waals surface area contributed by atoms with Gasteiger partial charge in [-0.25, -0.2) is 0 Å². The number of hydrogen-bond acceptors (Lipinski definition) is 4. The maximum atomic E-state index is 2.55. The molecule has 0 bridgehead atoms. The van der Waals surface area contributed by atoms with Crippen molar-refractivity contribution >= 4 is 46.4 Å². The topological polar surface area (TPSA) is 13.0 Å². The van der Waals surface area contributed by atoms with Crippen LogP contribution >= 0.6 is 0 Å². The van der Waals surface area contributed by atoms with Crippen LogP contribution in [0.5, 0.6) is 0 Å². The van der Waals surface area contributed by atoms with Crippen LogP contribution in [-0.2, 0) is 20.4 Å². The van der Waals surface area contributed by atoms with Gasteiger partial charge in [0.1, 0.15) is 0 Å². The van der Waals surface area contributed by atoms with Gasteiger partial charge < -0.3 is 37.2 Å². The van der Waals surface area contributed by atoms with Crippen molar-refractivity contribution in [3.8, 4) is 0 Å². The minimum absolute atomic E-state index is 0. The number of hydrogen-bond donors (Lipinski definition) is 0. The fourth-order valence-corrected chi connectivity index (χ4v) is 15.0. The third-order valence-electron chi connectivity index (χ3n) is 9.32. The summed E-state index contributed by atoms with van der Waals surface area (Å²) in [6, 6.07) is 26.0. The van der Waals surface area contributed by atoms with Crippen molar-refractivity contribution in [1.82, 2.24) is 0 Å². The van der Waals surface area contributed by atoms with E-state index in [1.165, 1.54) is 60.6 Å². The van der Waals surface area contributed by atoms with Gasteiger partial charge in [-0.3, -0.25) is 0 Å². The predicted octanol–water partition coefficient (Wildman–Crippen LogP) is -3.64. The van der Waals surface area contributed by atoms with Gasteiger partial charge >= 0.3 is 263 Å². The first-order valence-electron chi connectivity index (χ1n) is 14.3. The Bertz CT molecular complexity index is 1380. The summed E-state index contributed by atoms with van der Waals surface area (Å²) in [6.07, 6.45) is 0. The van der Waals surface area contributed by atoms with Crippen LogP contribution in [0.3, 0.4) is 0 Å². The van der Waals surface area contributed by atoms with Gasteiger partial charge in [-0.15, -0.1) is 0 Å². The second-order valence-corrected chi connectivity index (χ2v) is 18.4. The molecule has 44 heavy (non-hydrogen) atoms. The average Bonchev–Trinajstić information content (AvgIpc) is 3.09. The molecule has 1 aliphatic carbocycles. The summed E-state index contributed by atoms with van der Waals surface area (Å²) in [5, 5.41) is 4.30. The monoisotopic (exact) mass is 704 g/mol. The summed E-state index contributed by atoms with van der Waals surface area (Å²) < 4.78 is -0.175. The van der Waals surface area contributed by atoms with Crippen LogP contribution in [0.4, 0.5) is 22.7 Å². The van der Waals surface area contributed by atoms with Crippen LogP contribution in [0.25, 0.3) is 0 Å². The van der Waals surface area contributed by atoms with E-state index in [0.717, 1.165) is 0 Å². The van der Waals surface area contributed by atoms with Crippen LogP contribution in [0.2, 0.25) is 3.34 Å². The van der Waals surface area contributed by atoms with Crippen molar-refractivity contribution in [2.45, 2.75) is 31.0 Å². The maximum Gasteiger partial charge on any atom is -1.00 e. The standard InChI is InChI=1S/C35H47N4Si.3ClH.Ti/c1-24-25(2)27(4)35(26(24)3)40(32-16-14-13-15-17-32,33-20-28(36(5)6)18-29(21-33)37(7)8)34-22-30(38(9)10)19-31(23-34)39(11)12;;;;/h13-23H,1-12H3;3*1H;/q;;;;+3/p-3. The predicted molar refractivity (Wildman–Crippen MR) is 181 cm³/mol. The zero-order chi connectivity index (χ0) is 30.4. The molecule has 0 saturated carbocycles. The van der Waals surface area contributed by atoms with E-state index in [1.54, 1.807) is 0 Å². The van der Waals surface area contributed by atoms with Crippen molar-refractivity contribution in [3.05, 3.63) is 89.0 Å². The molecule has 0 N–H and O–H groups in total. The minimum Gasteiger partial charge on any atom is -1.00 e. The zero-order valence-corrected chi connectivity index (χ0v) is 33.1. The van der Waals surface area contributed by atoms with Gasteiger partial charge in [-0.05, 0) is 0 Å². The Labute approximate surface area is 298 Å². The third-order valence-corrected chi connectivity index (χ3v) is 17.6. The molecule has 0 unspecified atom stereocenters. The van der Waals surface area contributed by atoms with E-state index in [2.05, 4.69) is 191 Å². The van der Waals surface area contributed by atoms with E-state index in [0.29, 0.717) is 0 Å². The molecule has 0 aliphatic heterocycles. The van der Waals surface area contributed by atoms with E-state index in [1.807, 2.05) is 0 Å². The van der Waals surface area contributed by atoms with E-state index in [4.69, 9.17) is 0 Å². The Morgan fingerprint density at radius 3 is 1.05 bits per heavy atom. The van der Waals surface area contributed by atoms with Crippen molar-refractivity contribution in [2.75, 3.05) is 76.0 Å². The molecular weight excluding hydrogens is 659 g/mol. The second kappa shape index (κ2) is 15.2. The first kappa shape index (κ1) is 40.2. The molecule has 0 atom stereocenters. The van der Waals surface area contributed by atoms with Gasteiger partial charge in [0, 0.05) is 0 Å². The SMILES string of the molecule is CC1=C(C)[C]([Ti+3])([Si](c2ccccc2)(c2cc(N(C)C)cc(N(C)C)c2)c2cc(N(C)C)cc(N(C)C)c2)C(C)=C1C.[Cl-].[Cl-].[Cl-]. The fraction of sp³-hybridized carbons (Fsp3) is 0.371. The summed E-state index contributed by atoms with van der Waals surface area (Å²) in [5.41, 5.74) is 10.8. The van der Waals surface area contributed by atoms with Crippen molar-refractivity contribution in [1.29, 1.82) is 0 Å². The summed E-state index contributed by atoms with van der Waals surface area (Å²) in [7, 11) is 14.4. The Kier molecular flexibility index (Phi) is 13.8. The van der Waals surface area contributed by atoms with E-state index >= 15 is 0 Å². The molecule has 236 valence electrons. The van der Waals surface area contributed by atoms with Crippen molar-refractivity contribution in [3.63, 3.8) is 0 Å². The number of anilines is 4. The van der Waals surface area contributed by atoms with Gasteiger partial charge in [0.15, 0.2) is 0 Å². The molecule has 4 nitrogen and oxygen atoms in total. The van der Waals surface area contributed by atoms with Gasteiger partial charge in [-0.2, -0.15) is 0 Å². The Balaban J connectivity index is 0.00000323. The first-order valence-corrected chi connectivity index (χ1v) is 17.1. The van der Waals surface area contributed by atoms with Gasteiger partial charge in [0.25, 0.3) is 0 Å². The van der Waals surface area contributed by atoms with Crippen LogP contribution in [0.1, 0.15) is 27.7 Å². The van der Waals surface area contributed by atoms with Gasteiger partial charge in [-0.1, -0.05) is 0 Å². The van der Waals surface area contributed by atoms with Crippen molar-refractivity contribution in [2.24, 2.45) is 0 Å². The molecule has 3 aromatic carbocycles. The number of rotatable bonds is 8. The van der Waals surface area contributed by atoms with Crippen LogP contribution in [0, 0.1) is 0 Å². The van der Waals surface area contributed by atoms with E-state index < -0.39 is 8.07 Å². The van der Waals surface area contributed by atoms with Crippen LogP contribution < -0.4 is 72.4 Å². The Morgan fingerprint density at radius 1 is 0.477 bits per heavy atom. The second-order valence-electron chi connectivity index (χ2n) is 12.4. The molecule has 0 fully saturated rings. The molecule has 0 aromatic heterocycles.